The van der Waals surface area contributed by atoms with E-state index >= 15 is 0 Å². The van der Waals surface area contributed by atoms with Gasteiger partial charge in [-0.1, -0.05) is 12.1 Å². The number of aryl methyl sites for hydroxylation is 1. The van der Waals surface area contributed by atoms with Crippen molar-refractivity contribution in [3.8, 4) is 0 Å². The third-order valence-electron chi connectivity index (χ3n) is 3.41. The highest BCUT2D eigenvalue weighted by atomic mass is 32.2. The van der Waals surface area contributed by atoms with Crippen LogP contribution in [0.2, 0.25) is 0 Å². The van der Waals surface area contributed by atoms with Crippen molar-refractivity contribution < 1.29 is 13.0 Å². The number of rotatable bonds is 5. The average Bonchev–Trinajstić information content (AvgIpc) is 2.86. The van der Waals surface area contributed by atoms with Crippen LogP contribution < -0.4 is 15.8 Å². The Kier molecular flexibility index (Phi) is 3.99. The summed E-state index contributed by atoms with van der Waals surface area (Å²) in [5, 5.41) is 8.29. The molecule has 0 bridgehead atoms. The zero-order valence-corrected chi connectivity index (χ0v) is 13.6. The molecular formula is C14H16N6O3S. The smallest absolute Gasteiger partial charge is 0.357 e. The highest BCUT2D eigenvalue weighted by Gasteiger charge is 2.09. The fraction of sp³-hybridized carbons (Fsp3) is 0.143. The summed E-state index contributed by atoms with van der Waals surface area (Å²) >= 11 is 0. The minimum absolute atomic E-state index is 0.282. The van der Waals surface area contributed by atoms with Gasteiger partial charge in [-0.25, -0.2) is 4.98 Å². The number of benzene rings is 1. The number of nitrogens with one attached hydrogen (secondary N) is 2. The van der Waals surface area contributed by atoms with Gasteiger partial charge in [0.2, 0.25) is 0 Å². The number of fused-ring (bicyclic) bond motifs is 1. The third kappa shape index (κ3) is 3.55. The number of hydrogen-bond acceptors (Lipinski definition) is 6. The van der Waals surface area contributed by atoms with Crippen LogP contribution in [0.1, 0.15) is 5.56 Å². The van der Waals surface area contributed by atoms with E-state index < -0.39 is 10.3 Å². The Bertz CT molecular complexity index is 982. The molecule has 3 rings (SSSR count). The van der Waals surface area contributed by atoms with E-state index in [4.69, 9.17) is 10.3 Å². The van der Waals surface area contributed by atoms with E-state index in [0.29, 0.717) is 18.0 Å². The van der Waals surface area contributed by atoms with Crippen LogP contribution in [0.3, 0.4) is 0 Å². The van der Waals surface area contributed by atoms with Crippen LogP contribution in [-0.4, -0.2) is 27.7 Å². The predicted octanol–water partition coefficient (Wildman–Crippen LogP) is 1.38. The van der Waals surface area contributed by atoms with Crippen LogP contribution in [0.25, 0.3) is 11.0 Å². The number of pyridine rings is 1. The highest BCUT2D eigenvalue weighted by molar-refractivity contribution is 7.87. The molecule has 5 N–H and O–H groups in total. The zero-order chi connectivity index (χ0) is 17.3. The third-order valence-corrected chi connectivity index (χ3v) is 3.90. The van der Waals surface area contributed by atoms with Gasteiger partial charge in [0.15, 0.2) is 5.65 Å². The molecule has 126 valence electrons. The summed E-state index contributed by atoms with van der Waals surface area (Å²) in [5.74, 6) is 0.390. The van der Waals surface area contributed by atoms with Gasteiger partial charge in [0, 0.05) is 19.7 Å². The molecule has 0 amide bonds. The van der Waals surface area contributed by atoms with Crippen molar-refractivity contribution in [3.63, 3.8) is 0 Å². The number of anilines is 3. The van der Waals surface area contributed by atoms with Crippen molar-refractivity contribution in [2.75, 3.05) is 15.8 Å². The second kappa shape index (κ2) is 5.98. The standard InChI is InChI=1S/C14H16N6O3S/c1-20-14-11(8-17-20)12(6-13(15)18-14)16-7-9-2-4-10(5-3-9)19-24(21,22)23/h2-6,8,19H,7H2,1H3,(H3,15,16,18)(H,21,22,23). The van der Waals surface area contributed by atoms with Crippen molar-refractivity contribution >= 4 is 38.5 Å². The van der Waals surface area contributed by atoms with Crippen LogP contribution in [-0.2, 0) is 23.9 Å². The zero-order valence-electron chi connectivity index (χ0n) is 12.8. The van der Waals surface area contributed by atoms with Crippen LogP contribution in [0.15, 0.2) is 36.5 Å². The van der Waals surface area contributed by atoms with Gasteiger partial charge in [-0.05, 0) is 17.7 Å². The first-order valence-electron chi connectivity index (χ1n) is 6.98. The molecule has 10 heteroatoms. The predicted molar refractivity (Wildman–Crippen MR) is 91.9 cm³/mol. The minimum Gasteiger partial charge on any atom is -0.384 e. The van der Waals surface area contributed by atoms with Crippen LogP contribution in [0.5, 0.6) is 0 Å². The molecule has 0 saturated carbocycles. The fourth-order valence-corrected chi connectivity index (χ4v) is 2.75. The number of aromatic nitrogens is 3. The number of nitrogen functional groups attached to an aromatic ring is 1. The van der Waals surface area contributed by atoms with Crippen LogP contribution in [0.4, 0.5) is 17.2 Å². The summed E-state index contributed by atoms with van der Waals surface area (Å²) in [6, 6.07) is 8.34. The van der Waals surface area contributed by atoms with Gasteiger partial charge in [-0.15, -0.1) is 0 Å². The van der Waals surface area contributed by atoms with E-state index in [1.165, 1.54) is 0 Å². The molecule has 2 aromatic heterocycles. The van der Waals surface area contributed by atoms with E-state index in [-0.39, 0.29) is 5.69 Å². The Labute approximate surface area is 138 Å². The molecule has 0 fully saturated rings. The maximum atomic E-state index is 10.8. The van der Waals surface area contributed by atoms with Crippen molar-refractivity contribution in [2.24, 2.45) is 7.05 Å². The molecule has 24 heavy (non-hydrogen) atoms. The lowest BCUT2D eigenvalue weighted by molar-refractivity contribution is 0.489. The number of nitrogens with zero attached hydrogens (tertiary/aromatic N) is 3. The summed E-state index contributed by atoms with van der Waals surface area (Å²) in [7, 11) is -2.48. The van der Waals surface area contributed by atoms with Crippen molar-refractivity contribution in [1.82, 2.24) is 14.8 Å². The number of hydrogen-bond donors (Lipinski definition) is 4. The first-order valence-corrected chi connectivity index (χ1v) is 8.42. The van der Waals surface area contributed by atoms with Crippen molar-refractivity contribution in [2.45, 2.75) is 6.54 Å². The summed E-state index contributed by atoms with van der Waals surface area (Å²) in [5.41, 5.74) is 8.52. The van der Waals surface area contributed by atoms with Gasteiger partial charge < -0.3 is 11.1 Å². The Morgan fingerprint density at radius 2 is 2.00 bits per heavy atom. The lowest BCUT2D eigenvalue weighted by atomic mass is 10.2. The van der Waals surface area contributed by atoms with E-state index in [1.54, 1.807) is 48.3 Å². The molecule has 0 aliphatic heterocycles. The summed E-state index contributed by atoms with van der Waals surface area (Å²) in [4.78, 5) is 4.25. The van der Waals surface area contributed by atoms with Crippen LogP contribution in [0, 0.1) is 0 Å². The normalized spacial score (nSPS) is 11.6. The molecule has 0 radical (unpaired) electrons. The van der Waals surface area contributed by atoms with Gasteiger partial charge in [0.25, 0.3) is 0 Å². The molecule has 3 aromatic rings. The second-order valence-electron chi connectivity index (χ2n) is 5.23. The Morgan fingerprint density at radius 3 is 2.67 bits per heavy atom. The largest absolute Gasteiger partial charge is 0.384 e. The van der Waals surface area contributed by atoms with Gasteiger partial charge in [0.05, 0.1) is 23.0 Å². The van der Waals surface area contributed by atoms with E-state index in [2.05, 4.69) is 15.4 Å². The topological polar surface area (TPSA) is 135 Å². The molecular weight excluding hydrogens is 332 g/mol. The molecule has 0 aliphatic carbocycles. The number of nitrogens with two attached hydrogens (primary N) is 1. The maximum absolute atomic E-state index is 10.8. The summed E-state index contributed by atoms with van der Waals surface area (Å²) < 4.78 is 33.9. The lowest BCUT2D eigenvalue weighted by Crippen LogP contribution is -2.10. The monoisotopic (exact) mass is 348 g/mol. The lowest BCUT2D eigenvalue weighted by Gasteiger charge is -2.09. The summed E-state index contributed by atoms with van der Waals surface area (Å²) in [6.45, 7) is 0.500. The van der Waals surface area contributed by atoms with Crippen molar-refractivity contribution in [3.05, 3.63) is 42.1 Å². The molecule has 0 unspecified atom stereocenters. The first kappa shape index (κ1) is 16.0. The molecule has 2 heterocycles. The highest BCUT2D eigenvalue weighted by Crippen LogP contribution is 2.24. The molecule has 0 saturated heterocycles. The summed E-state index contributed by atoms with van der Waals surface area (Å²) in [6.07, 6.45) is 1.71. The van der Waals surface area contributed by atoms with Crippen molar-refractivity contribution in [1.29, 1.82) is 0 Å². The first-order chi connectivity index (χ1) is 11.3. The van der Waals surface area contributed by atoms with E-state index in [1.807, 2.05) is 4.72 Å². The second-order valence-corrected chi connectivity index (χ2v) is 6.38. The molecule has 0 atom stereocenters. The Hall–Kier alpha value is -2.85. The van der Waals surface area contributed by atoms with E-state index in [0.717, 1.165) is 16.6 Å². The molecule has 1 aromatic carbocycles. The van der Waals surface area contributed by atoms with E-state index in [9.17, 15) is 8.42 Å². The van der Waals surface area contributed by atoms with Gasteiger partial charge in [-0.2, -0.15) is 13.5 Å². The van der Waals surface area contributed by atoms with Gasteiger partial charge in [0.1, 0.15) is 5.82 Å². The maximum Gasteiger partial charge on any atom is 0.357 e. The SMILES string of the molecule is Cn1ncc2c(NCc3ccc(NS(=O)(=O)O)cc3)cc(N)nc21. The quantitative estimate of drug-likeness (QED) is 0.511. The molecule has 0 spiro atoms. The minimum atomic E-state index is -4.27. The fourth-order valence-electron chi connectivity index (χ4n) is 2.32. The Morgan fingerprint density at radius 1 is 1.29 bits per heavy atom. The molecule has 0 aliphatic rings. The van der Waals surface area contributed by atoms with Crippen LogP contribution >= 0.6 is 0 Å². The molecule has 9 nitrogen and oxygen atoms in total. The van der Waals surface area contributed by atoms with Gasteiger partial charge >= 0.3 is 10.3 Å². The Balaban J connectivity index is 1.76. The average molecular weight is 348 g/mol. The van der Waals surface area contributed by atoms with Gasteiger partial charge in [-0.3, -0.25) is 14.0 Å².